The molecule has 1 aromatic carbocycles. The monoisotopic (exact) mass is 302 g/mol. The van der Waals surface area contributed by atoms with Crippen LogP contribution in [0.2, 0.25) is 0 Å². The minimum Gasteiger partial charge on any atom is -0.494 e. The molecule has 0 unspecified atom stereocenters. The zero-order valence-corrected chi connectivity index (χ0v) is 11.5. The number of carbonyl (C=O) groups is 1. The summed E-state index contributed by atoms with van der Waals surface area (Å²) in [6.07, 6.45) is 2.81. The van der Waals surface area contributed by atoms with Crippen LogP contribution in [0.15, 0.2) is 30.6 Å². The average Bonchev–Trinajstić information content (AvgIpc) is 2.88. The largest absolute Gasteiger partial charge is 0.494 e. The predicted molar refractivity (Wildman–Crippen MR) is 74.1 cm³/mol. The highest BCUT2D eigenvalue weighted by Crippen LogP contribution is 2.25. The van der Waals surface area contributed by atoms with E-state index in [1.807, 2.05) is 0 Å². The molecule has 0 amide bonds. The van der Waals surface area contributed by atoms with Crippen molar-refractivity contribution in [1.82, 2.24) is 19.6 Å². The quantitative estimate of drug-likeness (QED) is 0.786. The highest BCUT2D eigenvalue weighted by atomic mass is 19.1. The van der Waals surface area contributed by atoms with Gasteiger partial charge in [0, 0.05) is 5.56 Å². The van der Waals surface area contributed by atoms with E-state index >= 15 is 0 Å². The van der Waals surface area contributed by atoms with Gasteiger partial charge in [0.15, 0.2) is 23.0 Å². The Morgan fingerprint density at radius 3 is 3.00 bits per heavy atom. The van der Waals surface area contributed by atoms with Crippen LogP contribution < -0.4 is 4.74 Å². The van der Waals surface area contributed by atoms with Gasteiger partial charge in [-0.3, -0.25) is 9.78 Å². The zero-order chi connectivity index (χ0) is 15.7. The van der Waals surface area contributed by atoms with Gasteiger partial charge in [0.2, 0.25) is 0 Å². The van der Waals surface area contributed by atoms with Crippen LogP contribution in [0.25, 0.3) is 16.9 Å². The summed E-state index contributed by atoms with van der Waals surface area (Å²) in [7, 11) is 1.38. The SMILES string of the molecule is COc1cc(-c2cn3nc(CC(=O)O)nc3cn2)ccc1F. The van der Waals surface area contributed by atoms with E-state index in [4.69, 9.17) is 9.84 Å². The summed E-state index contributed by atoms with van der Waals surface area (Å²) in [6.45, 7) is 0. The van der Waals surface area contributed by atoms with Crippen LogP contribution in [0.5, 0.6) is 5.75 Å². The first kappa shape index (κ1) is 13.9. The summed E-state index contributed by atoms with van der Waals surface area (Å²) < 4.78 is 19.8. The van der Waals surface area contributed by atoms with Gasteiger partial charge in [-0.15, -0.1) is 0 Å². The number of rotatable bonds is 4. The smallest absolute Gasteiger partial charge is 0.311 e. The highest BCUT2D eigenvalue weighted by Gasteiger charge is 2.11. The molecular weight excluding hydrogens is 291 g/mol. The van der Waals surface area contributed by atoms with E-state index in [0.717, 1.165) is 0 Å². The molecule has 0 saturated heterocycles. The average molecular weight is 302 g/mol. The molecule has 0 atom stereocenters. The van der Waals surface area contributed by atoms with Gasteiger partial charge in [0.1, 0.15) is 6.42 Å². The second-order valence-electron chi connectivity index (χ2n) is 4.52. The maximum atomic E-state index is 13.4. The molecule has 0 radical (unpaired) electrons. The van der Waals surface area contributed by atoms with Gasteiger partial charge in [-0.05, 0) is 18.2 Å². The van der Waals surface area contributed by atoms with Crippen LogP contribution >= 0.6 is 0 Å². The number of fused-ring (bicyclic) bond motifs is 1. The lowest BCUT2D eigenvalue weighted by Gasteiger charge is -2.05. The maximum absolute atomic E-state index is 13.4. The zero-order valence-electron chi connectivity index (χ0n) is 11.5. The number of benzene rings is 1. The van der Waals surface area contributed by atoms with Gasteiger partial charge in [-0.25, -0.2) is 13.9 Å². The maximum Gasteiger partial charge on any atom is 0.311 e. The number of hydrogen-bond donors (Lipinski definition) is 1. The van der Waals surface area contributed by atoms with Gasteiger partial charge >= 0.3 is 5.97 Å². The van der Waals surface area contributed by atoms with Gasteiger partial charge in [0.25, 0.3) is 0 Å². The van der Waals surface area contributed by atoms with E-state index in [1.165, 1.54) is 30.0 Å². The van der Waals surface area contributed by atoms with Crippen LogP contribution in [0.3, 0.4) is 0 Å². The molecule has 0 aliphatic carbocycles. The Bertz CT molecular complexity index is 862. The van der Waals surface area contributed by atoms with E-state index in [-0.39, 0.29) is 18.0 Å². The third-order valence-corrected chi connectivity index (χ3v) is 3.02. The Hall–Kier alpha value is -3.03. The number of aromatic nitrogens is 4. The number of halogens is 1. The Morgan fingerprint density at radius 2 is 2.27 bits per heavy atom. The van der Waals surface area contributed by atoms with Gasteiger partial charge in [-0.1, -0.05) is 0 Å². The van der Waals surface area contributed by atoms with Crippen molar-refractivity contribution >= 4 is 11.6 Å². The fourth-order valence-electron chi connectivity index (χ4n) is 2.02. The number of carboxylic acid groups (broad SMARTS) is 1. The lowest BCUT2D eigenvalue weighted by Crippen LogP contribution is -2.02. The molecule has 0 fully saturated rings. The first-order valence-electron chi connectivity index (χ1n) is 6.34. The molecule has 0 aliphatic heterocycles. The number of carboxylic acids is 1. The van der Waals surface area contributed by atoms with Crippen LogP contribution in [-0.4, -0.2) is 37.8 Å². The first-order valence-corrected chi connectivity index (χ1v) is 6.34. The topological polar surface area (TPSA) is 89.6 Å². The first-order chi connectivity index (χ1) is 10.6. The van der Waals surface area contributed by atoms with Crippen LogP contribution in [0.1, 0.15) is 5.82 Å². The minimum absolute atomic E-state index is 0.115. The molecule has 0 saturated carbocycles. The van der Waals surface area contributed by atoms with Crippen molar-refractivity contribution in [3.63, 3.8) is 0 Å². The van der Waals surface area contributed by atoms with Crippen molar-refractivity contribution in [2.75, 3.05) is 7.11 Å². The molecule has 3 aromatic rings. The predicted octanol–water partition coefficient (Wildman–Crippen LogP) is 1.57. The molecule has 2 heterocycles. The fraction of sp³-hybridized carbons (Fsp3) is 0.143. The lowest BCUT2D eigenvalue weighted by molar-refractivity contribution is -0.136. The van der Waals surface area contributed by atoms with Crippen LogP contribution in [0.4, 0.5) is 4.39 Å². The van der Waals surface area contributed by atoms with Gasteiger partial charge in [0.05, 0.1) is 25.2 Å². The summed E-state index contributed by atoms with van der Waals surface area (Å²) in [6, 6.07) is 4.39. The number of hydrogen-bond acceptors (Lipinski definition) is 5. The van der Waals surface area contributed by atoms with Crippen LogP contribution in [0, 0.1) is 5.82 Å². The summed E-state index contributed by atoms with van der Waals surface area (Å²) in [5.74, 6) is -1.16. The molecule has 112 valence electrons. The fourth-order valence-corrected chi connectivity index (χ4v) is 2.02. The van der Waals surface area contributed by atoms with Crippen molar-refractivity contribution in [3.05, 3.63) is 42.2 Å². The van der Waals surface area contributed by atoms with Crippen molar-refractivity contribution in [3.8, 4) is 17.0 Å². The molecule has 8 heteroatoms. The Labute approximate surface area is 124 Å². The van der Waals surface area contributed by atoms with Gasteiger partial charge < -0.3 is 9.84 Å². The third kappa shape index (κ3) is 2.58. The molecule has 0 spiro atoms. The number of aliphatic carboxylic acids is 1. The summed E-state index contributed by atoms with van der Waals surface area (Å²) in [5, 5.41) is 12.8. The summed E-state index contributed by atoms with van der Waals surface area (Å²) >= 11 is 0. The Kier molecular flexibility index (Phi) is 3.42. The Balaban J connectivity index is 2.02. The minimum atomic E-state index is -1.01. The number of nitrogens with zero attached hydrogens (tertiary/aromatic N) is 4. The normalized spacial score (nSPS) is 10.8. The molecule has 7 nitrogen and oxygen atoms in total. The van der Waals surface area contributed by atoms with E-state index in [1.54, 1.807) is 12.3 Å². The highest BCUT2D eigenvalue weighted by molar-refractivity contribution is 5.69. The standard InChI is InChI=1S/C14H11FN4O3/c1-22-11-4-8(2-3-9(11)15)10-7-19-13(6-16-10)17-12(18-19)5-14(20)21/h2-4,6-7H,5H2,1H3,(H,20,21). The van der Waals surface area contributed by atoms with Gasteiger partial charge in [-0.2, -0.15) is 5.10 Å². The number of methoxy groups -OCH3 is 1. The van der Waals surface area contributed by atoms with E-state index in [2.05, 4.69) is 15.1 Å². The lowest BCUT2D eigenvalue weighted by atomic mass is 10.1. The van der Waals surface area contributed by atoms with E-state index in [0.29, 0.717) is 16.9 Å². The van der Waals surface area contributed by atoms with Crippen molar-refractivity contribution in [2.24, 2.45) is 0 Å². The van der Waals surface area contributed by atoms with Crippen molar-refractivity contribution in [2.45, 2.75) is 6.42 Å². The van der Waals surface area contributed by atoms with Crippen LogP contribution in [-0.2, 0) is 11.2 Å². The molecule has 3 rings (SSSR count). The molecule has 2 aromatic heterocycles. The second kappa shape index (κ2) is 5.40. The second-order valence-corrected chi connectivity index (χ2v) is 4.52. The molecule has 22 heavy (non-hydrogen) atoms. The van der Waals surface area contributed by atoms with E-state index in [9.17, 15) is 9.18 Å². The third-order valence-electron chi connectivity index (χ3n) is 3.02. The Morgan fingerprint density at radius 1 is 1.45 bits per heavy atom. The molecule has 1 N–H and O–H groups in total. The summed E-state index contributed by atoms with van der Waals surface area (Å²) in [4.78, 5) is 19.0. The molecule has 0 aliphatic rings. The van der Waals surface area contributed by atoms with E-state index < -0.39 is 11.8 Å². The molecular formula is C14H11FN4O3. The number of ether oxygens (including phenoxy) is 1. The summed E-state index contributed by atoms with van der Waals surface area (Å²) in [5.41, 5.74) is 1.63. The van der Waals surface area contributed by atoms with Crippen molar-refractivity contribution in [1.29, 1.82) is 0 Å². The van der Waals surface area contributed by atoms with Crippen molar-refractivity contribution < 1.29 is 19.0 Å². The molecule has 0 bridgehead atoms.